The summed E-state index contributed by atoms with van der Waals surface area (Å²) in [7, 11) is 2.17. The molecule has 1 atom stereocenters. The standard InChI is InChI=1S/C26H33ClN4O2/c1-29-12-14-30(15-13-29)18-21-5-2-4-20(16-21)17-28-25(32)23-6-3-11-31(19-23)26(33)22-7-9-24(27)10-8-22/h2,4-5,7-10,16,23H,3,6,11-15,17-19H2,1H3,(H,28,32). The Kier molecular flexibility index (Phi) is 8.02. The van der Waals surface area contributed by atoms with Gasteiger partial charge in [0.25, 0.3) is 5.91 Å². The van der Waals surface area contributed by atoms with Crippen LogP contribution in [0, 0.1) is 5.92 Å². The van der Waals surface area contributed by atoms with Crippen LogP contribution in [0.25, 0.3) is 0 Å². The number of halogens is 1. The molecule has 2 aromatic carbocycles. The number of amides is 2. The minimum atomic E-state index is -0.177. The highest BCUT2D eigenvalue weighted by Crippen LogP contribution is 2.20. The van der Waals surface area contributed by atoms with E-state index in [1.54, 1.807) is 29.2 Å². The van der Waals surface area contributed by atoms with Gasteiger partial charge in [-0.05, 0) is 55.3 Å². The van der Waals surface area contributed by atoms with Crippen molar-refractivity contribution >= 4 is 23.4 Å². The summed E-state index contributed by atoms with van der Waals surface area (Å²) in [5, 5.41) is 3.70. The van der Waals surface area contributed by atoms with Gasteiger partial charge in [-0.1, -0.05) is 35.9 Å². The largest absolute Gasteiger partial charge is 0.352 e. The monoisotopic (exact) mass is 468 g/mol. The summed E-state index contributed by atoms with van der Waals surface area (Å²) < 4.78 is 0. The van der Waals surface area contributed by atoms with E-state index >= 15 is 0 Å². The number of benzene rings is 2. The average Bonchev–Trinajstić information content (AvgIpc) is 2.84. The van der Waals surface area contributed by atoms with Crippen LogP contribution in [0.2, 0.25) is 5.02 Å². The Morgan fingerprint density at radius 1 is 1.00 bits per heavy atom. The summed E-state index contributed by atoms with van der Waals surface area (Å²) in [6, 6.07) is 15.4. The van der Waals surface area contributed by atoms with E-state index in [2.05, 4.69) is 46.4 Å². The molecule has 2 aliphatic rings. The smallest absolute Gasteiger partial charge is 0.253 e. The van der Waals surface area contributed by atoms with Gasteiger partial charge in [-0.25, -0.2) is 0 Å². The topological polar surface area (TPSA) is 55.9 Å². The van der Waals surface area contributed by atoms with E-state index in [1.807, 2.05) is 0 Å². The van der Waals surface area contributed by atoms with E-state index in [0.717, 1.165) is 51.1 Å². The van der Waals surface area contributed by atoms with Crippen molar-refractivity contribution in [3.05, 3.63) is 70.2 Å². The van der Waals surface area contributed by atoms with Crippen LogP contribution < -0.4 is 5.32 Å². The normalized spacial score (nSPS) is 19.9. The molecule has 0 radical (unpaired) electrons. The van der Waals surface area contributed by atoms with Crippen molar-refractivity contribution in [3.8, 4) is 0 Å². The number of nitrogens with one attached hydrogen (secondary N) is 1. The molecule has 0 bridgehead atoms. The first kappa shape index (κ1) is 23.7. The van der Waals surface area contributed by atoms with E-state index in [9.17, 15) is 9.59 Å². The van der Waals surface area contributed by atoms with E-state index in [0.29, 0.717) is 30.2 Å². The fourth-order valence-corrected chi connectivity index (χ4v) is 4.71. The number of hydrogen-bond donors (Lipinski definition) is 1. The van der Waals surface area contributed by atoms with Gasteiger partial charge in [-0.2, -0.15) is 0 Å². The van der Waals surface area contributed by atoms with E-state index in [-0.39, 0.29) is 17.7 Å². The first-order valence-corrected chi connectivity index (χ1v) is 12.2. The minimum Gasteiger partial charge on any atom is -0.352 e. The lowest BCUT2D eigenvalue weighted by atomic mass is 9.96. The molecule has 0 spiro atoms. The van der Waals surface area contributed by atoms with Crippen molar-refractivity contribution in [1.82, 2.24) is 20.0 Å². The molecule has 176 valence electrons. The highest BCUT2D eigenvalue weighted by molar-refractivity contribution is 6.30. The second-order valence-electron chi connectivity index (χ2n) is 9.21. The Bertz CT molecular complexity index is 957. The molecule has 2 amide bonds. The molecule has 2 heterocycles. The molecule has 2 saturated heterocycles. The molecular formula is C26H33ClN4O2. The highest BCUT2D eigenvalue weighted by Gasteiger charge is 2.28. The van der Waals surface area contributed by atoms with Crippen molar-refractivity contribution in [2.45, 2.75) is 25.9 Å². The lowest BCUT2D eigenvalue weighted by Crippen LogP contribution is -2.45. The third-order valence-electron chi connectivity index (χ3n) is 6.63. The summed E-state index contributed by atoms with van der Waals surface area (Å²) in [6.07, 6.45) is 1.64. The number of carbonyl (C=O) groups is 2. The number of piperazine rings is 1. The fourth-order valence-electron chi connectivity index (χ4n) is 4.59. The number of carbonyl (C=O) groups excluding carboxylic acids is 2. The number of nitrogens with zero attached hydrogens (tertiary/aromatic N) is 3. The van der Waals surface area contributed by atoms with Crippen LogP contribution in [0.1, 0.15) is 34.3 Å². The van der Waals surface area contributed by atoms with Gasteiger partial charge in [0.1, 0.15) is 0 Å². The van der Waals surface area contributed by atoms with Crippen LogP contribution in [-0.2, 0) is 17.9 Å². The van der Waals surface area contributed by atoms with E-state index < -0.39 is 0 Å². The maximum absolute atomic E-state index is 12.9. The lowest BCUT2D eigenvalue weighted by Gasteiger charge is -2.32. The molecule has 1 unspecified atom stereocenters. The Morgan fingerprint density at radius 2 is 1.73 bits per heavy atom. The Labute approximate surface area is 201 Å². The van der Waals surface area contributed by atoms with Crippen LogP contribution in [0.5, 0.6) is 0 Å². The van der Waals surface area contributed by atoms with Crippen molar-refractivity contribution < 1.29 is 9.59 Å². The Hall–Kier alpha value is -2.41. The molecule has 0 aliphatic carbocycles. The molecule has 6 nitrogen and oxygen atoms in total. The van der Waals surface area contributed by atoms with E-state index in [1.165, 1.54) is 5.56 Å². The van der Waals surface area contributed by atoms with Crippen LogP contribution >= 0.6 is 11.6 Å². The highest BCUT2D eigenvalue weighted by atomic mass is 35.5. The number of hydrogen-bond acceptors (Lipinski definition) is 4. The van der Waals surface area contributed by atoms with E-state index in [4.69, 9.17) is 11.6 Å². The van der Waals surface area contributed by atoms with Gasteiger partial charge >= 0.3 is 0 Å². The molecule has 33 heavy (non-hydrogen) atoms. The molecule has 2 aliphatic heterocycles. The molecule has 0 saturated carbocycles. The van der Waals surface area contributed by atoms with Gasteiger partial charge in [0.05, 0.1) is 5.92 Å². The average molecular weight is 469 g/mol. The number of rotatable bonds is 6. The maximum atomic E-state index is 12.9. The zero-order valence-corrected chi connectivity index (χ0v) is 20.1. The van der Waals surface area contributed by atoms with Crippen molar-refractivity contribution in [2.24, 2.45) is 5.92 Å². The van der Waals surface area contributed by atoms with Gasteiger partial charge in [0.2, 0.25) is 5.91 Å². The maximum Gasteiger partial charge on any atom is 0.253 e. The first-order valence-electron chi connectivity index (χ1n) is 11.8. The second-order valence-corrected chi connectivity index (χ2v) is 9.65. The summed E-state index contributed by atoms with van der Waals surface area (Å²) in [5.41, 5.74) is 3.00. The SMILES string of the molecule is CN1CCN(Cc2cccc(CNC(=O)C3CCCN(C(=O)c4ccc(Cl)cc4)C3)c2)CC1. The first-order chi connectivity index (χ1) is 16.0. The third kappa shape index (κ3) is 6.56. The number of likely N-dealkylation sites (tertiary alicyclic amines) is 1. The quantitative estimate of drug-likeness (QED) is 0.707. The van der Waals surface area contributed by atoms with Crippen LogP contribution in [0.15, 0.2) is 48.5 Å². The van der Waals surface area contributed by atoms with Crippen molar-refractivity contribution in [2.75, 3.05) is 46.3 Å². The summed E-state index contributed by atoms with van der Waals surface area (Å²) >= 11 is 5.93. The van der Waals surface area contributed by atoms with Crippen LogP contribution in [-0.4, -0.2) is 72.8 Å². The van der Waals surface area contributed by atoms with Crippen LogP contribution in [0.3, 0.4) is 0 Å². The van der Waals surface area contributed by atoms with Gasteiger partial charge < -0.3 is 15.1 Å². The summed E-state index contributed by atoms with van der Waals surface area (Å²) in [4.78, 5) is 32.3. The number of likely N-dealkylation sites (N-methyl/N-ethyl adjacent to an activating group) is 1. The zero-order valence-electron chi connectivity index (χ0n) is 19.3. The summed E-state index contributed by atoms with van der Waals surface area (Å²) in [5.74, 6) is -0.197. The molecule has 7 heteroatoms. The summed E-state index contributed by atoms with van der Waals surface area (Å²) in [6.45, 7) is 6.98. The fraction of sp³-hybridized carbons (Fsp3) is 0.462. The van der Waals surface area contributed by atoms with Gasteiger partial charge in [-0.15, -0.1) is 0 Å². The lowest BCUT2D eigenvalue weighted by molar-refractivity contribution is -0.126. The van der Waals surface area contributed by atoms with Gasteiger partial charge in [0.15, 0.2) is 0 Å². The number of piperidine rings is 1. The predicted octanol–water partition coefficient (Wildman–Crippen LogP) is 3.26. The molecule has 2 fully saturated rings. The molecule has 1 N–H and O–H groups in total. The molecule has 0 aromatic heterocycles. The van der Waals surface area contributed by atoms with Gasteiger partial charge in [0, 0.05) is 62.9 Å². The Morgan fingerprint density at radius 3 is 2.48 bits per heavy atom. The van der Waals surface area contributed by atoms with Gasteiger partial charge in [-0.3, -0.25) is 14.5 Å². The van der Waals surface area contributed by atoms with Crippen molar-refractivity contribution in [1.29, 1.82) is 0 Å². The molecule has 4 rings (SSSR count). The van der Waals surface area contributed by atoms with Crippen LogP contribution in [0.4, 0.5) is 0 Å². The van der Waals surface area contributed by atoms with Crippen molar-refractivity contribution in [3.63, 3.8) is 0 Å². The second kappa shape index (κ2) is 11.1. The Balaban J connectivity index is 1.28. The molecular weight excluding hydrogens is 436 g/mol. The predicted molar refractivity (Wildman–Crippen MR) is 131 cm³/mol. The molecule has 2 aromatic rings. The minimum absolute atomic E-state index is 0.0214. The zero-order chi connectivity index (χ0) is 23.2. The third-order valence-corrected chi connectivity index (χ3v) is 6.88.